The molecule has 1 aliphatic rings. The van der Waals surface area contributed by atoms with Gasteiger partial charge in [-0.05, 0) is 48.3 Å². The van der Waals surface area contributed by atoms with Gasteiger partial charge in [0.1, 0.15) is 0 Å². The number of hydrogen-bond donors (Lipinski definition) is 2. The van der Waals surface area contributed by atoms with Gasteiger partial charge in [-0.25, -0.2) is 0 Å². The topological polar surface area (TPSA) is 41.1 Å². The number of nitrogens with one attached hydrogen (secondary N) is 2. The van der Waals surface area contributed by atoms with Crippen LogP contribution in [0.2, 0.25) is 0 Å². The predicted octanol–water partition coefficient (Wildman–Crippen LogP) is 3.84. The summed E-state index contributed by atoms with van der Waals surface area (Å²) in [4.78, 5) is 12.5. The molecule has 0 heterocycles. The van der Waals surface area contributed by atoms with E-state index in [-0.39, 0.29) is 5.91 Å². The third kappa shape index (κ3) is 2.78. The zero-order valence-electron chi connectivity index (χ0n) is 14.1. The minimum Gasteiger partial charge on any atom is -0.385 e. The standard InChI is InChI=1S/C18H28N2O/c1-7-19-14-10-12(2)8-9-13(14)16(21)20-11-15-17(3,4)18(15,5)6/h8-10,15,19H,7,11H2,1-6H3,(H,20,21). The fourth-order valence-electron chi connectivity index (χ4n) is 3.33. The molecule has 0 bridgehead atoms. The quantitative estimate of drug-likeness (QED) is 0.864. The van der Waals surface area contributed by atoms with Crippen molar-refractivity contribution in [2.75, 3.05) is 18.4 Å². The Labute approximate surface area is 128 Å². The summed E-state index contributed by atoms with van der Waals surface area (Å²) in [6.45, 7) is 14.8. The lowest BCUT2D eigenvalue weighted by Crippen LogP contribution is -2.28. The summed E-state index contributed by atoms with van der Waals surface area (Å²) < 4.78 is 0. The van der Waals surface area contributed by atoms with Crippen LogP contribution in [0.15, 0.2) is 18.2 Å². The van der Waals surface area contributed by atoms with Gasteiger partial charge >= 0.3 is 0 Å². The van der Waals surface area contributed by atoms with E-state index in [1.54, 1.807) is 0 Å². The molecule has 2 N–H and O–H groups in total. The maximum atomic E-state index is 12.5. The van der Waals surface area contributed by atoms with E-state index in [4.69, 9.17) is 0 Å². The van der Waals surface area contributed by atoms with Crippen molar-refractivity contribution in [1.82, 2.24) is 5.32 Å². The molecule has 116 valence electrons. The van der Waals surface area contributed by atoms with Crippen LogP contribution in [-0.4, -0.2) is 19.0 Å². The van der Waals surface area contributed by atoms with Gasteiger partial charge in [0.15, 0.2) is 0 Å². The maximum absolute atomic E-state index is 12.5. The second kappa shape index (κ2) is 5.36. The maximum Gasteiger partial charge on any atom is 0.253 e. The first-order valence-electron chi connectivity index (χ1n) is 7.84. The number of hydrogen-bond acceptors (Lipinski definition) is 2. The van der Waals surface area contributed by atoms with Crippen molar-refractivity contribution in [2.24, 2.45) is 16.7 Å². The Hall–Kier alpha value is -1.51. The number of carbonyl (C=O) groups is 1. The predicted molar refractivity (Wildman–Crippen MR) is 88.7 cm³/mol. The van der Waals surface area contributed by atoms with Crippen molar-refractivity contribution in [2.45, 2.75) is 41.5 Å². The first-order valence-corrected chi connectivity index (χ1v) is 7.84. The molecule has 1 amide bonds. The van der Waals surface area contributed by atoms with Crippen molar-refractivity contribution < 1.29 is 4.79 Å². The Morgan fingerprint density at radius 2 is 1.81 bits per heavy atom. The summed E-state index contributed by atoms with van der Waals surface area (Å²) >= 11 is 0. The van der Waals surface area contributed by atoms with Crippen LogP contribution in [0.4, 0.5) is 5.69 Å². The van der Waals surface area contributed by atoms with Gasteiger partial charge in [-0.2, -0.15) is 0 Å². The van der Waals surface area contributed by atoms with Crippen molar-refractivity contribution in [1.29, 1.82) is 0 Å². The van der Waals surface area contributed by atoms with Gasteiger partial charge in [-0.1, -0.05) is 33.8 Å². The van der Waals surface area contributed by atoms with Crippen molar-refractivity contribution >= 4 is 11.6 Å². The molecule has 0 saturated heterocycles. The second-order valence-corrected chi connectivity index (χ2v) is 7.29. The molecule has 1 aromatic carbocycles. The molecule has 0 spiro atoms. The number of benzene rings is 1. The Kier molecular flexibility index (Phi) is 4.05. The van der Waals surface area contributed by atoms with E-state index < -0.39 is 0 Å². The summed E-state index contributed by atoms with van der Waals surface area (Å²) in [5, 5.41) is 6.38. The molecule has 2 rings (SSSR count). The number of aryl methyl sites for hydroxylation is 1. The minimum atomic E-state index is 0.0180. The molecule has 3 heteroatoms. The van der Waals surface area contributed by atoms with Gasteiger partial charge in [0.25, 0.3) is 5.91 Å². The summed E-state index contributed by atoms with van der Waals surface area (Å²) in [6, 6.07) is 5.93. The van der Waals surface area contributed by atoms with Crippen molar-refractivity contribution in [3.05, 3.63) is 29.3 Å². The van der Waals surface area contributed by atoms with E-state index >= 15 is 0 Å². The molecule has 1 aliphatic carbocycles. The molecular weight excluding hydrogens is 260 g/mol. The Morgan fingerprint density at radius 1 is 1.19 bits per heavy atom. The molecule has 0 aliphatic heterocycles. The highest BCUT2D eigenvalue weighted by Crippen LogP contribution is 2.67. The van der Waals surface area contributed by atoms with Crippen LogP contribution in [0.1, 0.15) is 50.5 Å². The molecule has 0 unspecified atom stereocenters. The van der Waals surface area contributed by atoms with E-state index in [2.05, 4.69) is 38.3 Å². The van der Waals surface area contributed by atoms with Crippen molar-refractivity contribution in [3.63, 3.8) is 0 Å². The number of anilines is 1. The Morgan fingerprint density at radius 3 is 2.33 bits per heavy atom. The van der Waals surface area contributed by atoms with Crippen LogP contribution < -0.4 is 10.6 Å². The average molecular weight is 288 g/mol. The molecule has 0 atom stereocenters. The summed E-state index contributed by atoms with van der Waals surface area (Å²) in [5.74, 6) is 0.562. The van der Waals surface area contributed by atoms with Gasteiger partial charge in [0.2, 0.25) is 0 Å². The number of carbonyl (C=O) groups excluding carboxylic acids is 1. The fourth-order valence-corrected chi connectivity index (χ4v) is 3.33. The summed E-state index contributed by atoms with van der Waals surface area (Å²) in [7, 11) is 0. The smallest absolute Gasteiger partial charge is 0.253 e. The van der Waals surface area contributed by atoms with E-state index in [0.29, 0.717) is 16.7 Å². The number of amides is 1. The largest absolute Gasteiger partial charge is 0.385 e. The molecule has 3 nitrogen and oxygen atoms in total. The molecular formula is C18H28N2O. The minimum absolute atomic E-state index is 0.0180. The lowest BCUT2D eigenvalue weighted by atomic mass is 10.0. The zero-order valence-corrected chi connectivity index (χ0v) is 14.1. The van der Waals surface area contributed by atoms with Gasteiger partial charge in [-0.3, -0.25) is 4.79 Å². The number of rotatable bonds is 5. The van der Waals surface area contributed by atoms with Crippen LogP contribution in [0.5, 0.6) is 0 Å². The zero-order chi connectivity index (χ0) is 15.8. The Bertz CT molecular complexity index is 532. The third-order valence-electron chi connectivity index (χ3n) is 5.57. The van der Waals surface area contributed by atoms with Gasteiger partial charge in [-0.15, -0.1) is 0 Å². The SMILES string of the molecule is CCNc1cc(C)ccc1C(=O)NCC1C(C)(C)C1(C)C. The molecule has 1 saturated carbocycles. The van der Waals surface area contributed by atoms with Crippen LogP contribution in [0.3, 0.4) is 0 Å². The summed E-state index contributed by atoms with van der Waals surface area (Å²) in [5.41, 5.74) is 3.42. The van der Waals surface area contributed by atoms with E-state index in [9.17, 15) is 4.79 Å². The normalized spacial score (nSPS) is 19.1. The average Bonchev–Trinajstić information content (AvgIpc) is 2.77. The van der Waals surface area contributed by atoms with E-state index in [0.717, 1.165) is 29.9 Å². The Balaban J connectivity index is 2.05. The lowest BCUT2D eigenvalue weighted by Gasteiger charge is -2.12. The molecule has 0 aromatic heterocycles. The van der Waals surface area contributed by atoms with Crippen LogP contribution >= 0.6 is 0 Å². The third-order valence-corrected chi connectivity index (χ3v) is 5.57. The lowest BCUT2D eigenvalue weighted by molar-refractivity contribution is 0.0950. The molecule has 21 heavy (non-hydrogen) atoms. The molecule has 0 radical (unpaired) electrons. The first-order chi connectivity index (χ1) is 9.71. The monoisotopic (exact) mass is 288 g/mol. The van der Waals surface area contributed by atoms with Crippen LogP contribution in [0.25, 0.3) is 0 Å². The van der Waals surface area contributed by atoms with Crippen LogP contribution in [-0.2, 0) is 0 Å². The van der Waals surface area contributed by atoms with Gasteiger partial charge in [0, 0.05) is 18.8 Å². The van der Waals surface area contributed by atoms with Gasteiger partial charge in [0.05, 0.1) is 5.56 Å². The first kappa shape index (κ1) is 15.9. The highest BCUT2D eigenvalue weighted by molar-refractivity contribution is 5.99. The van der Waals surface area contributed by atoms with E-state index in [1.807, 2.05) is 32.0 Å². The van der Waals surface area contributed by atoms with Crippen molar-refractivity contribution in [3.8, 4) is 0 Å². The fraction of sp³-hybridized carbons (Fsp3) is 0.611. The van der Waals surface area contributed by atoms with E-state index in [1.165, 1.54) is 0 Å². The van der Waals surface area contributed by atoms with Gasteiger partial charge < -0.3 is 10.6 Å². The molecule has 1 aromatic rings. The van der Waals surface area contributed by atoms with Crippen LogP contribution in [0, 0.1) is 23.7 Å². The highest BCUT2D eigenvalue weighted by Gasteiger charge is 2.64. The highest BCUT2D eigenvalue weighted by atomic mass is 16.1. The molecule has 1 fully saturated rings. The summed E-state index contributed by atoms with van der Waals surface area (Å²) in [6.07, 6.45) is 0. The second-order valence-electron chi connectivity index (χ2n) is 7.29.